The van der Waals surface area contributed by atoms with Gasteiger partial charge in [-0.25, -0.2) is 9.59 Å². The van der Waals surface area contributed by atoms with Crippen LogP contribution >= 0.6 is 0 Å². The molecule has 0 aliphatic carbocycles. The fourth-order valence-corrected chi connectivity index (χ4v) is 6.34. The molecule has 4 heterocycles. The number of phenolic OH excluding ortho intramolecular Hbond substituents is 1. The van der Waals surface area contributed by atoms with Crippen LogP contribution in [-0.2, 0) is 18.9 Å². The number of aliphatic hydroxyl groups excluding tert-OH is 4. The maximum absolute atomic E-state index is 13.1. The minimum atomic E-state index is -1.60. The predicted octanol–water partition coefficient (Wildman–Crippen LogP) is 1.06. The molecule has 7 rings (SSSR count). The normalized spacial score (nSPS) is 32.6. The Morgan fingerprint density at radius 2 is 1.38 bits per heavy atom. The summed E-state index contributed by atoms with van der Waals surface area (Å²) in [7, 11) is 1.30. The summed E-state index contributed by atoms with van der Waals surface area (Å²) in [5.41, 5.74) is -1.50. The molecule has 3 aromatic carbocycles. The molecule has 0 amide bonds. The third kappa shape index (κ3) is 4.48. The van der Waals surface area contributed by atoms with Crippen LogP contribution in [0.1, 0.15) is 13.8 Å². The maximum atomic E-state index is 13.1. The first-order valence-electron chi connectivity index (χ1n) is 14.3. The van der Waals surface area contributed by atoms with Crippen molar-refractivity contribution in [2.24, 2.45) is 0 Å². The smallest absolute Gasteiger partial charge is 0.348 e. The first-order valence-corrected chi connectivity index (χ1v) is 14.3. The zero-order valence-corrected chi connectivity index (χ0v) is 24.1. The summed E-state index contributed by atoms with van der Waals surface area (Å²) in [6.45, 7) is 3.06. The van der Waals surface area contributed by atoms with Crippen molar-refractivity contribution in [1.29, 1.82) is 0 Å². The minimum Gasteiger partial charge on any atom is -0.506 e. The van der Waals surface area contributed by atoms with Gasteiger partial charge in [0.1, 0.15) is 53.0 Å². The van der Waals surface area contributed by atoms with Crippen LogP contribution in [0.5, 0.6) is 11.5 Å². The number of aliphatic hydroxyl groups is 4. The van der Waals surface area contributed by atoms with E-state index in [-0.39, 0.29) is 49.2 Å². The van der Waals surface area contributed by atoms with Gasteiger partial charge in [-0.1, -0.05) is 18.2 Å². The van der Waals surface area contributed by atoms with Crippen LogP contribution < -0.4 is 16.0 Å². The quantitative estimate of drug-likeness (QED) is 0.105. The lowest BCUT2D eigenvalue weighted by atomic mass is 9.97. The van der Waals surface area contributed by atoms with Crippen molar-refractivity contribution in [2.45, 2.75) is 75.3 Å². The van der Waals surface area contributed by atoms with E-state index in [1.807, 2.05) is 0 Å². The van der Waals surface area contributed by atoms with Crippen molar-refractivity contribution >= 4 is 43.5 Å². The lowest BCUT2D eigenvalue weighted by Crippen LogP contribution is -2.64. The molecule has 2 fully saturated rings. The van der Waals surface area contributed by atoms with E-state index in [4.69, 9.17) is 32.5 Å². The van der Waals surface area contributed by atoms with Crippen LogP contribution in [0, 0.1) is 0 Å². The highest BCUT2D eigenvalue weighted by Crippen LogP contribution is 2.45. The van der Waals surface area contributed by atoms with Crippen molar-refractivity contribution in [3.05, 3.63) is 57.2 Å². The highest BCUT2D eigenvalue weighted by Gasteiger charge is 2.50. The number of methoxy groups -OCH3 is 1. The topological polar surface area (TPSA) is 208 Å². The molecule has 0 bridgehead atoms. The Morgan fingerprint density at radius 1 is 0.689 bits per heavy atom. The zero-order valence-electron chi connectivity index (χ0n) is 24.1. The molecule has 238 valence electrons. The first-order chi connectivity index (χ1) is 21.5. The zero-order chi connectivity index (χ0) is 31.9. The first kappa shape index (κ1) is 29.8. The number of phenols is 1. The van der Waals surface area contributed by atoms with E-state index >= 15 is 0 Å². The van der Waals surface area contributed by atoms with Crippen LogP contribution in [-0.4, -0.2) is 94.1 Å². The number of hydrogen-bond acceptors (Lipinski definition) is 14. The van der Waals surface area contributed by atoms with Crippen molar-refractivity contribution in [3.63, 3.8) is 0 Å². The second kappa shape index (κ2) is 10.9. The maximum Gasteiger partial charge on any atom is 0.348 e. The lowest BCUT2D eigenvalue weighted by molar-refractivity contribution is -0.353. The van der Waals surface area contributed by atoms with Gasteiger partial charge in [-0.15, -0.1) is 0 Å². The molecule has 2 aliphatic heterocycles. The van der Waals surface area contributed by atoms with Crippen LogP contribution in [0.3, 0.4) is 0 Å². The predicted molar refractivity (Wildman–Crippen MR) is 155 cm³/mol. The van der Waals surface area contributed by atoms with E-state index in [2.05, 4.69) is 0 Å². The fraction of sp³-hybridized carbons (Fsp3) is 0.419. The Balaban J connectivity index is 1.37. The molecular weight excluding hydrogens is 596 g/mol. The molecule has 5 aromatic rings. The number of hydrogen-bond donors (Lipinski definition) is 5. The van der Waals surface area contributed by atoms with Gasteiger partial charge in [-0.3, -0.25) is 0 Å². The molecule has 0 spiro atoms. The van der Waals surface area contributed by atoms with Gasteiger partial charge in [-0.05, 0) is 32.0 Å². The second-order valence-electron chi connectivity index (χ2n) is 11.4. The highest BCUT2D eigenvalue weighted by atomic mass is 16.8. The van der Waals surface area contributed by atoms with Crippen LogP contribution in [0.4, 0.5) is 0 Å². The van der Waals surface area contributed by atoms with Gasteiger partial charge < -0.3 is 58.1 Å². The molecule has 2 aromatic heterocycles. The summed E-state index contributed by atoms with van der Waals surface area (Å²) in [5, 5.41) is 54.9. The van der Waals surface area contributed by atoms with Gasteiger partial charge >= 0.3 is 11.3 Å². The molecule has 2 saturated heterocycles. The van der Waals surface area contributed by atoms with Gasteiger partial charge in [-0.2, -0.15) is 0 Å². The van der Waals surface area contributed by atoms with E-state index in [9.17, 15) is 35.1 Å². The Labute approximate surface area is 252 Å². The van der Waals surface area contributed by atoms with E-state index < -0.39 is 78.4 Å². The highest BCUT2D eigenvalue weighted by molar-refractivity contribution is 6.28. The standard InChI is InChI=1S/C31H30O14/c1-10-20(32)23(35)27(45-30-24(36)26(39-3)21(33)11(2)40-30)31(41-10)43-15-9-4-6-12-17(15)25-18-16-13(28(37)44-25)7-5-8-14(16)42-29(38)19(18)22(12)34/h4-11,20-21,23-24,26-27,30-36H,1-3H3/t10-,11+,20+,21-,23+,24+,26-,27-,30+,31+/m1/s1. The van der Waals surface area contributed by atoms with Crippen molar-refractivity contribution < 1.29 is 58.1 Å². The minimum absolute atomic E-state index is 0.00586. The van der Waals surface area contributed by atoms with E-state index in [0.717, 1.165) is 0 Å². The second-order valence-corrected chi connectivity index (χ2v) is 11.4. The number of fused-ring (bicyclic) bond motifs is 2. The van der Waals surface area contributed by atoms with Crippen LogP contribution in [0.15, 0.2) is 54.8 Å². The summed E-state index contributed by atoms with van der Waals surface area (Å²) in [4.78, 5) is 26.2. The summed E-state index contributed by atoms with van der Waals surface area (Å²) in [5.74, 6) is -0.429. The van der Waals surface area contributed by atoms with E-state index in [1.165, 1.54) is 44.4 Å². The lowest BCUT2D eigenvalue weighted by Gasteiger charge is -2.46. The Morgan fingerprint density at radius 3 is 2.13 bits per heavy atom. The van der Waals surface area contributed by atoms with Gasteiger partial charge in [0, 0.05) is 23.3 Å². The fourth-order valence-electron chi connectivity index (χ4n) is 6.34. The molecule has 0 radical (unpaired) electrons. The van der Waals surface area contributed by atoms with Crippen molar-refractivity contribution in [2.75, 3.05) is 7.11 Å². The van der Waals surface area contributed by atoms with Crippen LogP contribution in [0.25, 0.3) is 43.5 Å². The van der Waals surface area contributed by atoms with Crippen molar-refractivity contribution in [3.8, 4) is 11.5 Å². The molecule has 0 unspecified atom stereocenters. The van der Waals surface area contributed by atoms with Gasteiger partial charge in [0.05, 0.1) is 23.0 Å². The monoisotopic (exact) mass is 626 g/mol. The molecule has 2 aliphatic rings. The summed E-state index contributed by atoms with van der Waals surface area (Å²) in [6.07, 6.45) is -12.9. The third-order valence-electron chi connectivity index (χ3n) is 8.69. The third-order valence-corrected chi connectivity index (χ3v) is 8.69. The largest absolute Gasteiger partial charge is 0.506 e. The van der Waals surface area contributed by atoms with Crippen molar-refractivity contribution in [1.82, 2.24) is 0 Å². The molecular formula is C31H30O14. The SMILES string of the molecule is CO[C@H]1[C@H](O)[C@H](O[C@H]2[C@H](Oc3cccc4c(O)c5c(=O)oc6cccc7c(=O)oc(c34)c5c67)O[C@H](C)[C@H](O)[C@@H]2O)O[C@@H](C)[C@H]1O. The molecule has 14 heteroatoms. The summed E-state index contributed by atoms with van der Waals surface area (Å²) in [6, 6.07) is 9.08. The average Bonchev–Trinajstić information content (AvgIpc) is 3.01. The van der Waals surface area contributed by atoms with Gasteiger partial charge in [0.25, 0.3) is 0 Å². The molecule has 10 atom stereocenters. The number of ether oxygens (including phenoxy) is 5. The Hall–Kier alpha value is -3.86. The molecule has 5 N–H and O–H groups in total. The molecule has 14 nitrogen and oxygen atoms in total. The Bertz CT molecular complexity index is 2020. The Kier molecular flexibility index (Phi) is 7.22. The molecule has 0 saturated carbocycles. The molecule has 45 heavy (non-hydrogen) atoms. The van der Waals surface area contributed by atoms with E-state index in [0.29, 0.717) is 0 Å². The summed E-state index contributed by atoms with van der Waals surface area (Å²) < 4.78 is 40.2. The number of rotatable bonds is 5. The van der Waals surface area contributed by atoms with Crippen LogP contribution in [0.2, 0.25) is 0 Å². The van der Waals surface area contributed by atoms with E-state index in [1.54, 1.807) is 13.0 Å². The average molecular weight is 627 g/mol. The number of aromatic hydroxyl groups is 1. The van der Waals surface area contributed by atoms with Gasteiger partial charge in [0.15, 0.2) is 18.0 Å². The summed E-state index contributed by atoms with van der Waals surface area (Å²) >= 11 is 0. The number of benzene rings is 3. The van der Waals surface area contributed by atoms with Gasteiger partial charge in [0.2, 0.25) is 6.29 Å².